The lowest BCUT2D eigenvalue weighted by Crippen LogP contribution is -2.27. The monoisotopic (exact) mass is 163 g/mol. The van der Waals surface area contributed by atoms with Crippen LogP contribution in [0, 0.1) is 0 Å². The zero-order valence-corrected chi connectivity index (χ0v) is 6.60. The highest BCUT2D eigenvalue weighted by molar-refractivity contribution is 7.89. The van der Waals surface area contributed by atoms with Crippen molar-refractivity contribution < 1.29 is 13.2 Å². The molecule has 0 aliphatic heterocycles. The molecule has 0 aromatic carbocycles. The highest BCUT2D eigenvalue weighted by Gasteiger charge is 2.02. The van der Waals surface area contributed by atoms with E-state index in [1.54, 1.807) is 11.6 Å². The summed E-state index contributed by atoms with van der Waals surface area (Å²) in [4.78, 5) is 10.5. The molecule has 0 aliphatic rings. The van der Waals surface area contributed by atoms with Crippen molar-refractivity contribution in [2.75, 3.05) is 6.26 Å². The van der Waals surface area contributed by atoms with Crippen LogP contribution >= 0.6 is 0 Å². The molecule has 0 aliphatic carbocycles. The molecule has 4 nitrogen and oxygen atoms in total. The average molecular weight is 163 g/mol. The van der Waals surface area contributed by atoms with E-state index in [1.807, 2.05) is 0 Å². The summed E-state index contributed by atoms with van der Waals surface area (Å²) >= 11 is 0. The molecule has 0 rings (SSSR count). The van der Waals surface area contributed by atoms with E-state index in [4.69, 9.17) is 0 Å². The molecule has 0 aromatic rings. The predicted molar refractivity (Wildman–Crippen MR) is 37.8 cm³/mol. The summed E-state index contributed by atoms with van der Waals surface area (Å²) in [6.07, 6.45) is 3.52. The summed E-state index contributed by atoms with van der Waals surface area (Å²) in [7, 11) is -3.40. The van der Waals surface area contributed by atoms with Crippen molar-refractivity contribution in [2.45, 2.75) is 6.92 Å². The molecule has 0 spiro atoms. The Hall–Kier alpha value is -0.840. The summed E-state index contributed by atoms with van der Waals surface area (Å²) in [6, 6.07) is 0. The molecule has 0 fully saturated rings. The zero-order valence-electron chi connectivity index (χ0n) is 5.79. The number of carbonyl (C=O) groups is 1. The van der Waals surface area contributed by atoms with Crippen LogP contribution in [-0.4, -0.2) is 20.6 Å². The second kappa shape index (κ2) is 3.36. The van der Waals surface area contributed by atoms with E-state index < -0.39 is 15.9 Å². The third kappa shape index (κ3) is 5.30. The van der Waals surface area contributed by atoms with E-state index in [0.29, 0.717) is 0 Å². The highest BCUT2D eigenvalue weighted by Crippen LogP contribution is 1.76. The van der Waals surface area contributed by atoms with Crippen LogP contribution in [0.3, 0.4) is 0 Å². The van der Waals surface area contributed by atoms with Crippen molar-refractivity contribution in [3.63, 3.8) is 0 Å². The first kappa shape index (κ1) is 9.16. The Morgan fingerprint density at radius 2 is 2.00 bits per heavy atom. The van der Waals surface area contributed by atoms with E-state index in [-0.39, 0.29) is 0 Å². The van der Waals surface area contributed by atoms with Crippen molar-refractivity contribution in [1.82, 2.24) is 4.72 Å². The van der Waals surface area contributed by atoms with Gasteiger partial charge < -0.3 is 0 Å². The van der Waals surface area contributed by atoms with Gasteiger partial charge in [-0.3, -0.25) is 4.79 Å². The van der Waals surface area contributed by atoms with Gasteiger partial charge in [0.2, 0.25) is 10.0 Å². The maximum atomic E-state index is 10.5. The lowest BCUT2D eigenvalue weighted by Gasteiger charge is -1.94. The first-order valence-electron chi connectivity index (χ1n) is 2.60. The smallest absolute Gasteiger partial charge is 0.257 e. The largest absolute Gasteiger partial charge is 0.269 e. The van der Waals surface area contributed by atoms with Gasteiger partial charge >= 0.3 is 0 Å². The average Bonchev–Trinajstić information content (AvgIpc) is 1.59. The fourth-order valence-corrected chi connectivity index (χ4v) is 0.802. The summed E-state index contributed by atoms with van der Waals surface area (Å²) in [5, 5.41) is 0. The molecule has 5 heteroatoms. The number of hydrogen-bond acceptors (Lipinski definition) is 3. The topological polar surface area (TPSA) is 63.2 Å². The number of sulfonamides is 1. The van der Waals surface area contributed by atoms with Crippen molar-refractivity contribution in [3.05, 3.63) is 12.2 Å². The minimum Gasteiger partial charge on any atom is -0.269 e. The molecule has 0 heterocycles. The lowest BCUT2D eigenvalue weighted by atomic mass is 10.5. The van der Waals surface area contributed by atoms with Crippen LogP contribution in [0.2, 0.25) is 0 Å². The number of allylic oxidation sites excluding steroid dienone is 1. The number of hydrogen-bond donors (Lipinski definition) is 1. The van der Waals surface area contributed by atoms with Crippen molar-refractivity contribution >= 4 is 15.9 Å². The Bertz CT molecular complexity index is 240. The zero-order chi connectivity index (χ0) is 8.20. The molecule has 0 unspecified atom stereocenters. The van der Waals surface area contributed by atoms with E-state index >= 15 is 0 Å². The number of amides is 1. The van der Waals surface area contributed by atoms with Crippen LogP contribution < -0.4 is 4.72 Å². The van der Waals surface area contributed by atoms with Gasteiger partial charge in [-0.05, 0) is 13.0 Å². The van der Waals surface area contributed by atoms with Gasteiger partial charge in [-0.1, -0.05) is 6.08 Å². The van der Waals surface area contributed by atoms with Crippen molar-refractivity contribution in [3.8, 4) is 0 Å². The second-order valence-corrected chi connectivity index (χ2v) is 3.49. The van der Waals surface area contributed by atoms with E-state index in [9.17, 15) is 13.2 Å². The van der Waals surface area contributed by atoms with E-state index in [2.05, 4.69) is 0 Å². The van der Waals surface area contributed by atoms with Crippen molar-refractivity contribution in [1.29, 1.82) is 0 Å². The standard InChI is InChI=1S/C5H9NO3S/c1-3-4-5(7)6-10(2,8)9/h3-4H,1-2H3,(H,6,7). The highest BCUT2D eigenvalue weighted by atomic mass is 32.2. The third-order valence-corrected chi connectivity index (χ3v) is 1.18. The van der Waals surface area contributed by atoms with Gasteiger partial charge in [0.15, 0.2) is 0 Å². The number of rotatable bonds is 2. The van der Waals surface area contributed by atoms with Crippen LogP contribution in [0.1, 0.15) is 6.92 Å². The van der Waals surface area contributed by atoms with Crippen LogP contribution in [0.4, 0.5) is 0 Å². The predicted octanol–water partition coefficient (Wildman–Crippen LogP) is -0.362. The lowest BCUT2D eigenvalue weighted by molar-refractivity contribution is -0.114. The fourth-order valence-electron chi connectivity index (χ4n) is 0.368. The van der Waals surface area contributed by atoms with Gasteiger partial charge in [0, 0.05) is 0 Å². The summed E-state index contributed by atoms with van der Waals surface area (Å²) < 4.78 is 22.5. The van der Waals surface area contributed by atoms with Crippen molar-refractivity contribution in [2.24, 2.45) is 0 Å². The minimum atomic E-state index is -3.40. The number of carbonyl (C=O) groups excluding carboxylic acids is 1. The van der Waals surface area contributed by atoms with Crippen LogP contribution in [0.25, 0.3) is 0 Å². The normalized spacial score (nSPS) is 11.8. The molecular weight excluding hydrogens is 154 g/mol. The summed E-state index contributed by atoms with van der Waals surface area (Å²) in [5.41, 5.74) is 0. The Labute approximate surface area is 60.0 Å². The molecule has 0 radical (unpaired) electrons. The molecule has 0 bridgehead atoms. The summed E-state index contributed by atoms with van der Waals surface area (Å²) in [5.74, 6) is -0.620. The summed E-state index contributed by atoms with van der Waals surface area (Å²) in [6.45, 7) is 1.63. The third-order valence-electron chi connectivity index (χ3n) is 0.604. The molecule has 0 saturated heterocycles. The molecule has 58 valence electrons. The Morgan fingerprint density at radius 3 is 2.30 bits per heavy atom. The SMILES string of the molecule is CC=CC(=O)NS(C)(=O)=O. The molecule has 0 aromatic heterocycles. The van der Waals surface area contributed by atoms with Gasteiger partial charge in [-0.2, -0.15) is 0 Å². The molecular formula is C5H9NO3S. The quantitative estimate of drug-likeness (QED) is 0.565. The molecule has 0 atom stereocenters. The maximum absolute atomic E-state index is 10.5. The van der Waals surface area contributed by atoms with Crippen LogP contribution in [-0.2, 0) is 14.8 Å². The van der Waals surface area contributed by atoms with Crippen LogP contribution in [0.15, 0.2) is 12.2 Å². The van der Waals surface area contributed by atoms with Gasteiger partial charge in [0.05, 0.1) is 6.26 Å². The van der Waals surface area contributed by atoms with E-state index in [1.165, 1.54) is 6.08 Å². The molecule has 1 N–H and O–H groups in total. The van der Waals surface area contributed by atoms with Gasteiger partial charge in [0.25, 0.3) is 5.91 Å². The Kier molecular flexibility index (Phi) is 3.08. The maximum Gasteiger partial charge on any atom is 0.257 e. The first-order chi connectivity index (χ1) is 4.45. The fraction of sp³-hybridized carbons (Fsp3) is 0.400. The molecule has 10 heavy (non-hydrogen) atoms. The van der Waals surface area contributed by atoms with Crippen LogP contribution in [0.5, 0.6) is 0 Å². The molecule has 0 saturated carbocycles. The Balaban J connectivity index is 4.07. The van der Waals surface area contributed by atoms with E-state index in [0.717, 1.165) is 12.3 Å². The second-order valence-electron chi connectivity index (χ2n) is 1.74. The van der Waals surface area contributed by atoms with Gasteiger partial charge in [-0.15, -0.1) is 0 Å². The van der Waals surface area contributed by atoms with Gasteiger partial charge in [-0.25, -0.2) is 13.1 Å². The molecule has 1 amide bonds. The first-order valence-corrected chi connectivity index (χ1v) is 4.49. The minimum absolute atomic E-state index is 0.620. The Morgan fingerprint density at radius 1 is 1.50 bits per heavy atom. The number of nitrogens with one attached hydrogen (secondary N) is 1. The van der Waals surface area contributed by atoms with Gasteiger partial charge in [0.1, 0.15) is 0 Å².